The highest BCUT2D eigenvalue weighted by Crippen LogP contribution is 2.33. The van der Waals surface area contributed by atoms with Crippen LogP contribution in [0.1, 0.15) is 79.6 Å². The van der Waals surface area contributed by atoms with Crippen molar-refractivity contribution >= 4 is 40.5 Å². The number of carbonyl (C=O) groups excluding carboxylic acids is 1. The van der Waals surface area contributed by atoms with Crippen molar-refractivity contribution in [1.29, 1.82) is 0 Å². The Morgan fingerprint density at radius 1 is 1.03 bits per heavy atom. The highest BCUT2D eigenvalue weighted by molar-refractivity contribution is 7.99. The van der Waals surface area contributed by atoms with E-state index in [9.17, 15) is 9.59 Å². The Hall–Kier alpha value is -1.40. The maximum atomic E-state index is 12.5. The van der Waals surface area contributed by atoms with Crippen molar-refractivity contribution in [3.8, 4) is 0 Å². The largest absolute Gasteiger partial charge is 0.465 e. The van der Waals surface area contributed by atoms with Crippen LogP contribution >= 0.6 is 23.5 Å². The second-order valence-electron chi connectivity index (χ2n) is 10.1. The van der Waals surface area contributed by atoms with Gasteiger partial charge in [-0.25, -0.2) is 4.79 Å². The molecule has 4 nitrogen and oxygen atoms in total. The first kappa shape index (κ1) is 28.8. The number of carbonyl (C=O) groups is 1. The topological polar surface area (TPSA) is 56.5 Å². The van der Waals surface area contributed by atoms with Crippen molar-refractivity contribution in [2.24, 2.45) is 17.3 Å². The van der Waals surface area contributed by atoms with Gasteiger partial charge in [-0.2, -0.15) is 0 Å². The van der Waals surface area contributed by atoms with Gasteiger partial charge >= 0.3 is 11.6 Å². The van der Waals surface area contributed by atoms with E-state index in [1.807, 2.05) is 32.2 Å². The predicted molar refractivity (Wildman–Crippen MR) is 146 cm³/mol. The zero-order valence-electron chi connectivity index (χ0n) is 21.8. The summed E-state index contributed by atoms with van der Waals surface area (Å²) < 4.78 is 11.0. The fourth-order valence-corrected chi connectivity index (χ4v) is 5.51. The summed E-state index contributed by atoms with van der Waals surface area (Å²) >= 11 is 3.38. The first-order valence-corrected chi connectivity index (χ1v) is 14.8. The van der Waals surface area contributed by atoms with E-state index < -0.39 is 5.41 Å². The third kappa shape index (κ3) is 8.99. The molecule has 6 heteroatoms. The van der Waals surface area contributed by atoms with Gasteiger partial charge in [0.2, 0.25) is 0 Å². The van der Waals surface area contributed by atoms with E-state index in [1.165, 1.54) is 12.8 Å². The molecule has 0 spiro atoms. The molecule has 0 aliphatic carbocycles. The molecule has 0 aliphatic rings. The quantitative estimate of drug-likeness (QED) is 0.105. The minimum atomic E-state index is -0.426. The lowest BCUT2D eigenvalue weighted by Crippen LogP contribution is -2.34. The Bertz CT molecular complexity index is 965. The number of ether oxygens (including phenoxy) is 1. The van der Waals surface area contributed by atoms with Gasteiger partial charge in [0.05, 0.1) is 12.0 Å². The summed E-state index contributed by atoms with van der Waals surface area (Å²) in [5, 5.41) is 1.01. The Labute approximate surface area is 214 Å². The van der Waals surface area contributed by atoms with Crippen LogP contribution in [0.2, 0.25) is 0 Å². The Kier molecular flexibility index (Phi) is 12.1. The molecule has 0 amide bonds. The van der Waals surface area contributed by atoms with Crippen LogP contribution < -0.4 is 5.63 Å². The third-order valence-corrected chi connectivity index (χ3v) is 8.39. The van der Waals surface area contributed by atoms with Crippen LogP contribution in [0.4, 0.5) is 0 Å². The Balaban J connectivity index is 1.61. The van der Waals surface area contributed by atoms with Crippen LogP contribution in [0.15, 0.2) is 43.3 Å². The van der Waals surface area contributed by atoms with Gasteiger partial charge in [-0.1, -0.05) is 46.5 Å². The monoisotopic (exact) mass is 506 g/mol. The van der Waals surface area contributed by atoms with Crippen molar-refractivity contribution in [2.45, 2.75) is 89.4 Å². The van der Waals surface area contributed by atoms with Crippen LogP contribution in [-0.4, -0.2) is 24.6 Å². The summed E-state index contributed by atoms with van der Waals surface area (Å²) in [6, 6.07) is 7.67. The molecule has 2 aromatic rings. The Morgan fingerprint density at radius 2 is 1.71 bits per heavy atom. The van der Waals surface area contributed by atoms with Gasteiger partial charge in [0.1, 0.15) is 5.58 Å². The highest BCUT2D eigenvalue weighted by atomic mass is 32.2. The number of esters is 1. The molecular formula is C28H42O4S2. The smallest absolute Gasteiger partial charge is 0.337 e. The van der Waals surface area contributed by atoms with Crippen LogP contribution in [0, 0.1) is 17.3 Å². The zero-order valence-corrected chi connectivity index (χ0v) is 23.4. The van der Waals surface area contributed by atoms with Gasteiger partial charge in [-0.3, -0.25) is 4.79 Å². The van der Waals surface area contributed by atoms with Crippen molar-refractivity contribution in [1.82, 2.24) is 0 Å². The number of thioether (sulfide) groups is 2. The Morgan fingerprint density at radius 3 is 2.38 bits per heavy atom. The van der Waals surface area contributed by atoms with E-state index in [2.05, 4.69) is 26.8 Å². The van der Waals surface area contributed by atoms with Crippen LogP contribution in [0.25, 0.3) is 11.0 Å². The molecule has 1 atom stereocenters. The van der Waals surface area contributed by atoms with Crippen LogP contribution in [-0.2, 0) is 9.53 Å². The van der Waals surface area contributed by atoms with Crippen LogP contribution in [0.5, 0.6) is 0 Å². The van der Waals surface area contributed by atoms with Crippen molar-refractivity contribution < 1.29 is 13.9 Å². The molecular weight excluding hydrogens is 464 g/mol. The molecule has 34 heavy (non-hydrogen) atoms. The number of unbranched alkanes of at least 4 members (excludes halogenated alkanes) is 5. The average molecular weight is 507 g/mol. The molecule has 0 bridgehead atoms. The molecule has 2 rings (SSSR count). The van der Waals surface area contributed by atoms with Gasteiger partial charge in [-0.05, 0) is 75.2 Å². The summed E-state index contributed by atoms with van der Waals surface area (Å²) in [5.74, 6) is 1.82. The lowest BCUT2D eigenvalue weighted by Gasteiger charge is -2.30. The molecule has 1 aromatic heterocycles. The summed E-state index contributed by atoms with van der Waals surface area (Å²) in [6.45, 7) is 11.1. The fraction of sp³-hybridized carbons (Fsp3) is 0.643. The van der Waals surface area contributed by atoms with E-state index in [-0.39, 0.29) is 11.6 Å². The summed E-state index contributed by atoms with van der Waals surface area (Å²) in [5.41, 5.74) is -0.0449. The SMILES string of the molecule is CSc1ccc2c(SCCCCCCCCOC(=O)C(C)(C)C(C)CC(C)C)cc(=O)oc2c1. The number of hydrogen-bond acceptors (Lipinski definition) is 6. The van der Waals surface area contributed by atoms with E-state index in [0.717, 1.165) is 53.0 Å². The number of rotatable bonds is 15. The molecule has 0 radical (unpaired) electrons. The van der Waals surface area contributed by atoms with E-state index in [1.54, 1.807) is 29.6 Å². The molecule has 0 fully saturated rings. The number of benzene rings is 1. The number of fused-ring (bicyclic) bond motifs is 1. The maximum Gasteiger partial charge on any atom is 0.337 e. The number of hydrogen-bond donors (Lipinski definition) is 0. The van der Waals surface area contributed by atoms with Gasteiger partial charge in [0, 0.05) is 21.2 Å². The van der Waals surface area contributed by atoms with Crippen molar-refractivity contribution in [3.05, 3.63) is 34.7 Å². The van der Waals surface area contributed by atoms with Gasteiger partial charge in [0.25, 0.3) is 0 Å². The summed E-state index contributed by atoms with van der Waals surface area (Å²) in [6.07, 6.45) is 9.69. The third-order valence-electron chi connectivity index (χ3n) is 6.53. The molecule has 1 aromatic carbocycles. The molecule has 0 N–H and O–H groups in total. The summed E-state index contributed by atoms with van der Waals surface area (Å²) in [4.78, 5) is 26.5. The lowest BCUT2D eigenvalue weighted by atomic mass is 9.76. The van der Waals surface area contributed by atoms with Gasteiger partial charge in [-0.15, -0.1) is 23.5 Å². The lowest BCUT2D eigenvalue weighted by molar-refractivity contribution is -0.157. The molecule has 0 aliphatic heterocycles. The maximum absolute atomic E-state index is 12.5. The fourth-order valence-electron chi connectivity index (χ4n) is 4.01. The van der Waals surface area contributed by atoms with E-state index >= 15 is 0 Å². The van der Waals surface area contributed by atoms with Gasteiger partial charge < -0.3 is 9.15 Å². The normalized spacial score (nSPS) is 12.9. The molecule has 0 saturated carbocycles. The first-order valence-electron chi connectivity index (χ1n) is 12.6. The average Bonchev–Trinajstić information content (AvgIpc) is 2.78. The van der Waals surface area contributed by atoms with Crippen LogP contribution in [0.3, 0.4) is 0 Å². The van der Waals surface area contributed by atoms with Gasteiger partial charge in [0.15, 0.2) is 0 Å². The standard InChI is InChI=1S/C28H42O4S2/c1-20(2)17-21(3)28(4,5)27(30)31-15-11-9-7-8-10-12-16-34-25-19-26(29)32-24-18-22(33-6)13-14-23(24)25/h13-14,18-21H,7-12,15-17H2,1-6H3. The predicted octanol–water partition coefficient (Wildman–Crippen LogP) is 8.20. The molecule has 190 valence electrons. The molecule has 1 heterocycles. The minimum Gasteiger partial charge on any atom is -0.465 e. The van der Waals surface area contributed by atoms with Crippen molar-refractivity contribution in [3.63, 3.8) is 0 Å². The summed E-state index contributed by atoms with van der Waals surface area (Å²) in [7, 11) is 0. The minimum absolute atomic E-state index is 0.0650. The van der Waals surface area contributed by atoms with E-state index in [4.69, 9.17) is 9.15 Å². The molecule has 1 unspecified atom stereocenters. The second kappa shape index (κ2) is 14.2. The van der Waals surface area contributed by atoms with E-state index in [0.29, 0.717) is 24.0 Å². The highest BCUT2D eigenvalue weighted by Gasteiger charge is 2.35. The second-order valence-corrected chi connectivity index (χ2v) is 12.2. The molecule has 0 saturated heterocycles. The first-order chi connectivity index (χ1) is 16.1. The van der Waals surface area contributed by atoms with Crippen molar-refractivity contribution in [2.75, 3.05) is 18.6 Å². The zero-order chi connectivity index (χ0) is 25.1.